The Labute approximate surface area is 155 Å². The molecule has 0 aliphatic carbocycles. The number of rotatable bonds is 6. The Morgan fingerprint density at radius 2 is 1.72 bits per heavy atom. The van der Waals surface area contributed by atoms with Crippen molar-refractivity contribution < 1.29 is 4.79 Å². The zero-order valence-corrected chi connectivity index (χ0v) is 15.2. The number of nitrogens with zero attached hydrogens (tertiary/aromatic N) is 1. The number of carbonyl (C=O) groups excluding carboxylic acids is 1. The zero-order valence-electron chi connectivity index (χ0n) is 13.6. The van der Waals surface area contributed by atoms with Crippen molar-refractivity contribution in [2.24, 2.45) is 0 Å². The van der Waals surface area contributed by atoms with E-state index >= 15 is 0 Å². The molecule has 3 rings (SSSR count). The number of hydrogen-bond acceptors (Lipinski definition) is 3. The molecule has 0 unspecified atom stereocenters. The Morgan fingerprint density at radius 3 is 2.48 bits per heavy atom. The van der Waals surface area contributed by atoms with Crippen LogP contribution in [-0.4, -0.2) is 17.4 Å². The maximum atomic E-state index is 12.3. The maximum Gasteiger partial charge on any atom is 0.252 e. The van der Waals surface area contributed by atoms with E-state index < -0.39 is 0 Å². The quantitative estimate of drug-likeness (QED) is 0.642. The molecule has 2 aromatic carbocycles. The van der Waals surface area contributed by atoms with Crippen molar-refractivity contribution in [2.45, 2.75) is 6.42 Å². The van der Waals surface area contributed by atoms with Gasteiger partial charge in [-0.05, 0) is 42.3 Å². The summed E-state index contributed by atoms with van der Waals surface area (Å²) >= 11 is 3.41. The molecule has 4 nitrogen and oxygen atoms in total. The summed E-state index contributed by atoms with van der Waals surface area (Å²) in [4.78, 5) is 16.5. The molecule has 1 amide bonds. The Balaban J connectivity index is 1.58. The van der Waals surface area contributed by atoms with E-state index in [9.17, 15) is 4.79 Å². The van der Waals surface area contributed by atoms with Gasteiger partial charge in [0.1, 0.15) is 0 Å². The third-order valence-corrected chi connectivity index (χ3v) is 4.20. The minimum atomic E-state index is -0.122. The average Bonchev–Trinajstić information content (AvgIpc) is 2.65. The van der Waals surface area contributed by atoms with Crippen LogP contribution in [-0.2, 0) is 6.42 Å². The highest BCUT2D eigenvalue weighted by Gasteiger charge is 2.07. The molecular formula is C20H18BrN3O. The van der Waals surface area contributed by atoms with Crippen LogP contribution in [0.1, 0.15) is 15.9 Å². The lowest BCUT2D eigenvalue weighted by Gasteiger charge is -2.09. The zero-order chi connectivity index (χ0) is 17.5. The Morgan fingerprint density at radius 1 is 0.960 bits per heavy atom. The van der Waals surface area contributed by atoms with Gasteiger partial charge in [0, 0.05) is 22.9 Å². The van der Waals surface area contributed by atoms with Crippen molar-refractivity contribution >= 4 is 33.2 Å². The van der Waals surface area contributed by atoms with Crippen LogP contribution < -0.4 is 10.6 Å². The molecule has 126 valence electrons. The van der Waals surface area contributed by atoms with Crippen molar-refractivity contribution in [2.75, 3.05) is 11.9 Å². The molecule has 0 fully saturated rings. The first kappa shape index (κ1) is 17.2. The van der Waals surface area contributed by atoms with Gasteiger partial charge < -0.3 is 10.6 Å². The van der Waals surface area contributed by atoms with Gasteiger partial charge in [-0.25, -0.2) is 0 Å². The van der Waals surface area contributed by atoms with E-state index in [0.29, 0.717) is 12.1 Å². The number of carbonyl (C=O) groups is 1. The molecule has 0 saturated carbocycles. The third kappa shape index (κ3) is 5.16. The first-order chi connectivity index (χ1) is 12.2. The van der Waals surface area contributed by atoms with E-state index in [-0.39, 0.29) is 5.91 Å². The molecule has 1 heterocycles. The minimum Gasteiger partial charge on any atom is -0.354 e. The van der Waals surface area contributed by atoms with Gasteiger partial charge in [-0.1, -0.05) is 46.3 Å². The van der Waals surface area contributed by atoms with E-state index in [2.05, 4.69) is 43.7 Å². The molecule has 0 aliphatic heterocycles. The SMILES string of the molecule is O=C(NCCc1ccccc1)c1cncc(Nc2ccc(Br)cc2)c1. The average molecular weight is 396 g/mol. The lowest BCUT2D eigenvalue weighted by Crippen LogP contribution is -2.25. The van der Waals surface area contributed by atoms with Gasteiger partial charge in [-0.15, -0.1) is 0 Å². The maximum absolute atomic E-state index is 12.3. The van der Waals surface area contributed by atoms with Crippen LogP contribution in [0.5, 0.6) is 0 Å². The van der Waals surface area contributed by atoms with Crippen LogP contribution in [0.25, 0.3) is 0 Å². The van der Waals surface area contributed by atoms with Crippen LogP contribution >= 0.6 is 15.9 Å². The summed E-state index contributed by atoms with van der Waals surface area (Å²) < 4.78 is 1.02. The van der Waals surface area contributed by atoms with Crippen molar-refractivity contribution in [1.82, 2.24) is 10.3 Å². The number of amides is 1. The van der Waals surface area contributed by atoms with Crippen molar-refractivity contribution in [3.05, 3.63) is 88.7 Å². The van der Waals surface area contributed by atoms with Crippen LogP contribution in [0.3, 0.4) is 0 Å². The number of benzene rings is 2. The van der Waals surface area contributed by atoms with Crippen LogP contribution in [0.15, 0.2) is 77.5 Å². The van der Waals surface area contributed by atoms with Crippen LogP contribution in [0, 0.1) is 0 Å². The predicted molar refractivity (Wildman–Crippen MR) is 104 cm³/mol. The summed E-state index contributed by atoms with van der Waals surface area (Å²) in [7, 11) is 0. The fraction of sp³-hybridized carbons (Fsp3) is 0.100. The van der Waals surface area contributed by atoms with Gasteiger partial charge in [0.2, 0.25) is 0 Å². The normalized spacial score (nSPS) is 10.3. The summed E-state index contributed by atoms with van der Waals surface area (Å²) in [6, 6.07) is 19.7. The lowest BCUT2D eigenvalue weighted by atomic mass is 10.1. The van der Waals surface area contributed by atoms with Crippen molar-refractivity contribution in [1.29, 1.82) is 0 Å². The van der Waals surface area contributed by atoms with Crippen LogP contribution in [0.2, 0.25) is 0 Å². The van der Waals surface area contributed by atoms with E-state index in [1.807, 2.05) is 42.5 Å². The molecule has 5 heteroatoms. The second kappa shape index (κ2) is 8.44. The highest BCUT2D eigenvalue weighted by molar-refractivity contribution is 9.10. The molecule has 3 aromatic rings. The largest absolute Gasteiger partial charge is 0.354 e. The Bertz CT molecular complexity index is 835. The van der Waals surface area contributed by atoms with Crippen LogP contribution in [0.4, 0.5) is 11.4 Å². The summed E-state index contributed by atoms with van der Waals surface area (Å²) in [5, 5.41) is 6.18. The Kier molecular flexibility index (Phi) is 5.80. The first-order valence-corrected chi connectivity index (χ1v) is 8.80. The molecule has 0 bridgehead atoms. The van der Waals surface area contributed by atoms with Gasteiger partial charge in [-0.2, -0.15) is 0 Å². The predicted octanol–water partition coefficient (Wildman–Crippen LogP) is 4.56. The summed E-state index contributed by atoms with van der Waals surface area (Å²) in [5.41, 5.74) is 3.45. The number of nitrogens with one attached hydrogen (secondary N) is 2. The third-order valence-electron chi connectivity index (χ3n) is 3.68. The number of halogens is 1. The summed E-state index contributed by atoms with van der Waals surface area (Å²) in [6.45, 7) is 0.590. The molecular weight excluding hydrogens is 378 g/mol. The van der Waals surface area contributed by atoms with Gasteiger partial charge >= 0.3 is 0 Å². The second-order valence-corrected chi connectivity index (χ2v) is 6.50. The van der Waals surface area contributed by atoms with Gasteiger partial charge in [0.25, 0.3) is 5.91 Å². The standard InChI is InChI=1S/C20H18BrN3O/c21-17-6-8-18(9-7-17)24-19-12-16(13-22-14-19)20(25)23-11-10-15-4-2-1-3-5-15/h1-9,12-14,24H,10-11H2,(H,23,25). The lowest BCUT2D eigenvalue weighted by molar-refractivity contribution is 0.0954. The molecule has 1 aromatic heterocycles. The highest BCUT2D eigenvalue weighted by Crippen LogP contribution is 2.19. The molecule has 0 atom stereocenters. The van der Waals surface area contributed by atoms with E-state index in [1.165, 1.54) is 5.56 Å². The molecule has 0 saturated heterocycles. The smallest absolute Gasteiger partial charge is 0.252 e. The highest BCUT2D eigenvalue weighted by atomic mass is 79.9. The topological polar surface area (TPSA) is 54.0 Å². The minimum absolute atomic E-state index is 0.122. The fourth-order valence-corrected chi connectivity index (χ4v) is 2.66. The van der Waals surface area contributed by atoms with Gasteiger partial charge in [-0.3, -0.25) is 9.78 Å². The molecule has 0 aliphatic rings. The molecule has 25 heavy (non-hydrogen) atoms. The summed E-state index contributed by atoms with van der Waals surface area (Å²) in [5.74, 6) is -0.122. The van der Waals surface area contributed by atoms with Gasteiger partial charge in [0.05, 0.1) is 17.4 Å². The van der Waals surface area contributed by atoms with E-state index in [4.69, 9.17) is 0 Å². The number of aromatic nitrogens is 1. The number of hydrogen-bond donors (Lipinski definition) is 2. The molecule has 2 N–H and O–H groups in total. The first-order valence-electron chi connectivity index (χ1n) is 8.00. The van der Waals surface area contributed by atoms with Crippen molar-refractivity contribution in [3.8, 4) is 0 Å². The van der Waals surface area contributed by atoms with E-state index in [1.54, 1.807) is 18.5 Å². The number of anilines is 2. The Hall–Kier alpha value is -2.66. The van der Waals surface area contributed by atoms with Crippen molar-refractivity contribution in [3.63, 3.8) is 0 Å². The molecule has 0 spiro atoms. The number of pyridine rings is 1. The summed E-state index contributed by atoms with van der Waals surface area (Å²) in [6.07, 6.45) is 4.07. The monoisotopic (exact) mass is 395 g/mol. The molecule has 0 radical (unpaired) electrons. The van der Waals surface area contributed by atoms with E-state index in [0.717, 1.165) is 22.3 Å². The fourth-order valence-electron chi connectivity index (χ4n) is 2.40. The second-order valence-electron chi connectivity index (χ2n) is 5.59. The van der Waals surface area contributed by atoms with Gasteiger partial charge in [0.15, 0.2) is 0 Å².